The van der Waals surface area contributed by atoms with Crippen LogP contribution in [0, 0.1) is 11.3 Å². The molecule has 0 bridgehead atoms. The van der Waals surface area contributed by atoms with Gasteiger partial charge in [-0.05, 0) is 30.3 Å². The van der Waals surface area contributed by atoms with Crippen LogP contribution in [0.25, 0.3) is 0 Å². The van der Waals surface area contributed by atoms with E-state index in [4.69, 9.17) is 19.6 Å². The van der Waals surface area contributed by atoms with Gasteiger partial charge in [0.2, 0.25) is 0 Å². The molecular formula is C21H23NO6. The molecule has 0 aliphatic rings. The number of carboxylic acid groups (broad SMARTS) is 1. The number of benzene rings is 2. The van der Waals surface area contributed by atoms with Crippen molar-refractivity contribution in [3.05, 3.63) is 59.7 Å². The van der Waals surface area contributed by atoms with Crippen LogP contribution >= 0.6 is 0 Å². The van der Waals surface area contributed by atoms with Crippen LogP contribution in [0.3, 0.4) is 0 Å². The second-order valence-electron chi connectivity index (χ2n) is 6.06. The van der Waals surface area contributed by atoms with Gasteiger partial charge in [-0.25, -0.2) is 4.79 Å². The molecule has 0 amide bonds. The van der Waals surface area contributed by atoms with Crippen LogP contribution in [0.1, 0.15) is 22.3 Å². The van der Waals surface area contributed by atoms with Crippen molar-refractivity contribution in [1.29, 1.82) is 5.41 Å². The molecule has 1 atom stereocenters. The number of nitrogens with one attached hydrogen (secondary N) is 1. The van der Waals surface area contributed by atoms with Crippen LogP contribution in [0.5, 0.6) is 11.5 Å². The molecule has 0 saturated heterocycles. The smallest absolute Gasteiger partial charge is 0.338 e. The summed E-state index contributed by atoms with van der Waals surface area (Å²) in [7, 11) is 3.03. The number of carboxylic acids is 1. The van der Waals surface area contributed by atoms with Gasteiger partial charge in [-0.2, -0.15) is 0 Å². The van der Waals surface area contributed by atoms with Crippen molar-refractivity contribution >= 4 is 17.7 Å². The Morgan fingerprint density at radius 1 is 1.07 bits per heavy atom. The summed E-state index contributed by atoms with van der Waals surface area (Å²) in [5.74, 6) is -1.59. The zero-order chi connectivity index (χ0) is 20.5. The summed E-state index contributed by atoms with van der Waals surface area (Å²) in [4.78, 5) is 23.6. The Balaban J connectivity index is 2.00. The van der Waals surface area contributed by atoms with Crippen LogP contribution in [0.15, 0.2) is 48.5 Å². The second-order valence-corrected chi connectivity index (χ2v) is 6.06. The fourth-order valence-electron chi connectivity index (χ4n) is 2.72. The topological polar surface area (TPSA) is 106 Å². The summed E-state index contributed by atoms with van der Waals surface area (Å²) in [5, 5.41) is 17.7. The summed E-state index contributed by atoms with van der Waals surface area (Å²) < 4.78 is 15.6. The Morgan fingerprint density at radius 3 is 2.39 bits per heavy atom. The molecule has 148 valence electrons. The molecule has 2 rings (SSSR count). The van der Waals surface area contributed by atoms with E-state index in [0.717, 1.165) is 0 Å². The quantitative estimate of drug-likeness (QED) is 0.480. The number of hydrogen-bond acceptors (Lipinski definition) is 6. The van der Waals surface area contributed by atoms with E-state index in [2.05, 4.69) is 0 Å². The van der Waals surface area contributed by atoms with Gasteiger partial charge in [0.05, 0.1) is 32.3 Å². The third-order valence-corrected chi connectivity index (χ3v) is 4.24. The van der Waals surface area contributed by atoms with Crippen molar-refractivity contribution in [3.63, 3.8) is 0 Å². The highest BCUT2D eigenvalue weighted by atomic mass is 16.5. The molecule has 7 nitrogen and oxygen atoms in total. The molecule has 2 aromatic carbocycles. The van der Waals surface area contributed by atoms with Gasteiger partial charge >= 0.3 is 11.9 Å². The molecule has 0 heterocycles. The Bertz CT molecular complexity index is 834. The van der Waals surface area contributed by atoms with Gasteiger partial charge in [0.15, 0.2) is 0 Å². The van der Waals surface area contributed by atoms with E-state index in [1.54, 1.807) is 48.5 Å². The lowest BCUT2D eigenvalue weighted by Gasteiger charge is -2.16. The largest absolute Gasteiger partial charge is 0.497 e. The Labute approximate surface area is 163 Å². The van der Waals surface area contributed by atoms with Crippen LogP contribution in [0.2, 0.25) is 0 Å². The number of esters is 1. The maximum absolute atomic E-state index is 12.0. The lowest BCUT2D eigenvalue weighted by atomic mass is 9.94. The maximum Gasteiger partial charge on any atom is 0.338 e. The minimum Gasteiger partial charge on any atom is -0.497 e. The van der Waals surface area contributed by atoms with E-state index in [1.807, 2.05) is 0 Å². The first-order valence-electron chi connectivity index (χ1n) is 8.69. The third-order valence-electron chi connectivity index (χ3n) is 4.24. The Kier molecular flexibility index (Phi) is 7.56. The zero-order valence-electron chi connectivity index (χ0n) is 15.8. The van der Waals surface area contributed by atoms with E-state index >= 15 is 0 Å². The average Bonchev–Trinajstić information content (AvgIpc) is 2.71. The number of ether oxygens (including phenoxy) is 3. The SMILES string of the molecule is COc1ccc(OC)c(CC(=N)C(CCOC(=O)c2ccccc2)C(=O)O)c1. The fraction of sp³-hybridized carbons (Fsp3) is 0.286. The molecule has 0 aliphatic heterocycles. The van der Waals surface area contributed by atoms with Crippen molar-refractivity contribution in [2.45, 2.75) is 12.8 Å². The van der Waals surface area contributed by atoms with E-state index in [9.17, 15) is 14.7 Å². The highest BCUT2D eigenvalue weighted by molar-refractivity contribution is 6.01. The summed E-state index contributed by atoms with van der Waals surface area (Å²) in [6, 6.07) is 13.6. The minimum absolute atomic E-state index is 0.00480. The highest BCUT2D eigenvalue weighted by Gasteiger charge is 2.24. The summed E-state index contributed by atoms with van der Waals surface area (Å²) in [5.41, 5.74) is 1.04. The summed E-state index contributed by atoms with van der Waals surface area (Å²) in [6.07, 6.45) is 0.100. The number of rotatable bonds is 10. The molecule has 7 heteroatoms. The highest BCUT2D eigenvalue weighted by Crippen LogP contribution is 2.26. The predicted octanol–water partition coefficient (Wildman–Crippen LogP) is 3.21. The normalized spacial score (nSPS) is 11.4. The maximum atomic E-state index is 12.0. The molecule has 0 aromatic heterocycles. The van der Waals surface area contributed by atoms with Crippen LogP contribution in [-0.4, -0.2) is 43.6 Å². The van der Waals surface area contributed by atoms with Crippen LogP contribution in [0.4, 0.5) is 0 Å². The second kappa shape index (κ2) is 10.1. The number of hydrogen-bond donors (Lipinski definition) is 2. The molecule has 0 aliphatic carbocycles. The molecule has 2 N–H and O–H groups in total. The molecule has 28 heavy (non-hydrogen) atoms. The summed E-state index contributed by atoms with van der Waals surface area (Å²) in [6.45, 7) is -0.0949. The molecule has 0 fully saturated rings. The van der Waals surface area contributed by atoms with Gasteiger partial charge in [0.25, 0.3) is 0 Å². The first-order chi connectivity index (χ1) is 13.5. The lowest BCUT2D eigenvalue weighted by Crippen LogP contribution is -2.27. The molecule has 0 spiro atoms. The Morgan fingerprint density at radius 2 is 1.79 bits per heavy atom. The van der Waals surface area contributed by atoms with Gasteiger partial charge in [-0.15, -0.1) is 0 Å². The van der Waals surface area contributed by atoms with Gasteiger partial charge < -0.3 is 24.7 Å². The monoisotopic (exact) mass is 385 g/mol. The van der Waals surface area contributed by atoms with Gasteiger partial charge in [0.1, 0.15) is 11.5 Å². The fourth-order valence-corrected chi connectivity index (χ4v) is 2.72. The molecule has 1 unspecified atom stereocenters. The molecule has 0 radical (unpaired) electrons. The van der Waals surface area contributed by atoms with E-state index in [0.29, 0.717) is 22.6 Å². The first kappa shape index (κ1) is 21.0. The van der Waals surface area contributed by atoms with Crippen molar-refractivity contribution < 1.29 is 28.9 Å². The molecular weight excluding hydrogens is 362 g/mol. The lowest BCUT2D eigenvalue weighted by molar-refractivity contribution is -0.139. The number of aliphatic carboxylic acids is 1. The number of carbonyl (C=O) groups excluding carboxylic acids is 1. The van der Waals surface area contributed by atoms with Crippen molar-refractivity contribution in [2.75, 3.05) is 20.8 Å². The van der Waals surface area contributed by atoms with Crippen LogP contribution in [-0.2, 0) is 16.0 Å². The minimum atomic E-state index is -1.14. The standard InChI is InChI=1S/C21H23NO6/c1-26-16-8-9-19(27-2)15(12-16)13-18(22)17(20(23)24)10-11-28-21(25)14-6-4-3-5-7-14/h3-9,12,17,22H,10-11,13H2,1-2H3,(H,23,24). The van der Waals surface area contributed by atoms with E-state index in [1.165, 1.54) is 14.2 Å². The van der Waals surface area contributed by atoms with E-state index < -0.39 is 17.9 Å². The summed E-state index contributed by atoms with van der Waals surface area (Å²) >= 11 is 0. The average molecular weight is 385 g/mol. The van der Waals surface area contributed by atoms with Crippen molar-refractivity contribution in [1.82, 2.24) is 0 Å². The van der Waals surface area contributed by atoms with Crippen LogP contribution < -0.4 is 9.47 Å². The molecule has 0 saturated carbocycles. The van der Waals surface area contributed by atoms with Crippen molar-refractivity contribution in [3.8, 4) is 11.5 Å². The van der Waals surface area contributed by atoms with Gasteiger partial charge in [0, 0.05) is 24.1 Å². The van der Waals surface area contributed by atoms with Gasteiger partial charge in [-0.3, -0.25) is 4.79 Å². The predicted molar refractivity (Wildman–Crippen MR) is 103 cm³/mol. The third kappa shape index (κ3) is 5.57. The zero-order valence-corrected chi connectivity index (χ0v) is 15.8. The van der Waals surface area contributed by atoms with Crippen molar-refractivity contribution in [2.24, 2.45) is 5.92 Å². The Hall–Kier alpha value is -3.35. The molecule has 2 aromatic rings. The van der Waals surface area contributed by atoms with E-state index in [-0.39, 0.29) is 25.2 Å². The number of methoxy groups -OCH3 is 2. The number of carbonyl (C=O) groups is 2. The first-order valence-corrected chi connectivity index (χ1v) is 8.69. The van der Waals surface area contributed by atoms with Gasteiger partial charge in [-0.1, -0.05) is 18.2 Å².